The van der Waals surface area contributed by atoms with Crippen LogP contribution in [0.1, 0.15) is 24.0 Å². The van der Waals surface area contributed by atoms with Gasteiger partial charge in [0.15, 0.2) is 5.65 Å². The van der Waals surface area contributed by atoms with E-state index in [-0.39, 0.29) is 12.1 Å². The first-order valence-electron chi connectivity index (χ1n) is 11.0. The van der Waals surface area contributed by atoms with Gasteiger partial charge in [0.1, 0.15) is 5.75 Å². The molecule has 2 aromatic heterocycles. The lowest BCUT2D eigenvalue weighted by Gasteiger charge is -2.26. The first-order valence-corrected chi connectivity index (χ1v) is 11.0. The molecule has 2 aromatic carbocycles. The van der Waals surface area contributed by atoms with Crippen molar-refractivity contribution in [2.45, 2.75) is 32.4 Å². The van der Waals surface area contributed by atoms with E-state index in [1.807, 2.05) is 36.4 Å². The molecule has 1 atom stereocenters. The van der Waals surface area contributed by atoms with Crippen molar-refractivity contribution in [1.82, 2.24) is 24.9 Å². The van der Waals surface area contributed by atoms with Gasteiger partial charge in [-0.05, 0) is 72.7 Å². The molecule has 0 aliphatic carbocycles. The SMILES string of the molecule is COc1ccc(NC(=O)N(Cc2cc3cc(C)ccc3n3nnnc23)CC2CCCO2)cc1. The van der Waals surface area contributed by atoms with Crippen LogP contribution < -0.4 is 10.1 Å². The molecule has 4 aromatic rings. The number of carbonyl (C=O) groups excluding carboxylic acids is 1. The largest absolute Gasteiger partial charge is 0.497 e. The second kappa shape index (κ2) is 9.03. The van der Waals surface area contributed by atoms with Crippen molar-refractivity contribution in [2.24, 2.45) is 0 Å². The quantitative estimate of drug-likeness (QED) is 0.484. The van der Waals surface area contributed by atoms with Gasteiger partial charge in [0.05, 0.1) is 25.3 Å². The van der Waals surface area contributed by atoms with Crippen molar-refractivity contribution in [1.29, 1.82) is 0 Å². The normalized spacial score (nSPS) is 15.8. The van der Waals surface area contributed by atoms with Crippen molar-refractivity contribution < 1.29 is 14.3 Å². The van der Waals surface area contributed by atoms with Crippen LogP contribution in [-0.2, 0) is 11.3 Å². The second-order valence-corrected chi connectivity index (χ2v) is 8.32. The maximum atomic E-state index is 13.3. The molecule has 0 bridgehead atoms. The Balaban J connectivity index is 1.46. The number of tetrazole rings is 1. The van der Waals surface area contributed by atoms with Gasteiger partial charge >= 0.3 is 6.03 Å². The molecule has 170 valence electrons. The van der Waals surface area contributed by atoms with E-state index in [2.05, 4.69) is 39.9 Å². The van der Waals surface area contributed by atoms with Gasteiger partial charge in [0, 0.05) is 29.8 Å². The Morgan fingerprint density at radius 3 is 2.85 bits per heavy atom. The molecule has 1 unspecified atom stereocenters. The van der Waals surface area contributed by atoms with E-state index >= 15 is 0 Å². The lowest BCUT2D eigenvalue weighted by Crippen LogP contribution is -2.39. The minimum atomic E-state index is -0.203. The molecule has 0 radical (unpaired) electrons. The van der Waals surface area contributed by atoms with Crippen molar-refractivity contribution in [3.8, 4) is 5.75 Å². The zero-order chi connectivity index (χ0) is 22.8. The van der Waals surface area contributed by atoms with E-state index in [1.165, 1.54) is 0 Å². The number of ether oxygens (including phenoxy) is 2. The number of hydrogen-bond acceptors (Lipinski definition) is 6. The number of urea groups is 1. The number of amides is 2. The lowest BCUT2D eigenvalue weighted by atomic mass is 10.1. The fraction of sp³-hybridized carbons (Fsp3) is 0.333. The first-order chi connectivity index (χ1) is 16.1. The van der Waals surface area contributed by atoms with Gasteiger partial charge < -0.3 is 19.7 Å². The van der Waals surface area contributed by atoms with Gasteiger partial charge in [-0.3, -0.25) is 0 Å². The van der Waals surface area contributed by atoms with Crippen LogP contribution in [0.5, 0.6) is 5.75 Å². The number of nitrogens with zero attached hydrogens (tertiary/aromatic N) is 5. The topological polar surface area (TPSA) is 93.9 Å². The molecule has 9 nitrogen and oxygen atoms in total. The Morgan fingerprint density at radius 2 is 2.09 bits per heavy atom. The number of rotatable bonds is 6. The van der Waals surface area contributed by atoms with Crippen molar-refractivity contribution in [2.75, 3.05) is 25.6 Å². The molecule has 1 aliphatic heterocycles. The number of hydrogen-bond donors (Lipinski definition) is 1. The highest BCUT2D eigenvalue weighted by atomic mass is 16.5. The highest BCUT2D eigenvalue weighted by Crippen LogP contribution is 2.23. The van der Waals surface area contributed by atoms with E-state index in [0.717, 1.165) is 47.2 Å². The van der Waals surface area contributed by atoms with Gasteiger partial charge in [0.25, 0.3) is 0 Å². The van der Waals surface area contributed by atoms with Crippen LogP contribution in [-0.4, -0.2) is 57.3 Å². The molecule has 1 N–H and O–H groups in total. The maximum absolute atomic E-state index is 13.3. The number of carbonyl (C=O) groups is 1. The average Bonchev–Trinajstić information content (AvgIpc) is 3.51. The molecule has 2 amide bonds. The highest BCUT2D eigenvalue weighted by molar-refractivity contribution is 5.90. The summed E-state index contributed by atoms with van der Waals surface area (Å²) in [6, 6.07) is 15.3. The van der Waals surface area contributed by atoms with Crippen molar-refractivity contribution in [3.63, 3.8) is 0 Å². The van der Waals surface area contributed by atoms with Gasteiger partial charge in [0.2, 0.25) is 0 Å². The average molecular weight is 447 g/mol. The van der Waals surface area contributed by atoms with Crippen LogP contribution in [0.25, 0.3) is 16.6 Å². The molecule has 0 saturated carbocycles. The van der Waals surface area contributed by atoms with Crippen LogP contribution in [0.15, 0.2) is 48.5 Å². The number of aryl methyl sites for hydroxylation is 1. The number of nitrogens with one attached hydrogen (secondary N) is 1. The van der Waals surface area contributed by atoms with Crippen molar-refractivity contribution in [3.05, 3.63) is 59.7 Å². The Labute approximate surface area is 191 Å². The first kappa shape index (κ1) is 21.1. The minimum absolute atomic E-state index is 0.0151. The number of benzene rings is 2. The van der Waals surface area contributed by atoms with Gasteiger partial charge in [-0.1, -0.05) is 11.6 Å². The molecule has 1 saturated heterocycles. The zero-order valence-electron chi connectivity index (χ0n) is 18.7. The molecular weight excluding hydrogens is 420 g/mol. The number of fused-ring (bicyclic) bond motifs is 3. The smallest absolute Gasteiger partial charge is 0.322 e. The molecule has 9 heteroatoms. The standard InChI is InChI=1S/C24H26N6O3/c1-16-5-10-22-17(12-16)13-18(23-26-27-28-30(22)23)14-29(15-21-4-3-11-33-21)24(31)25-19-6-8-20(32-2)9-7-19/h5-10,12-13,21H,3-4,11,14-15H2,1-2H3,(H,25,31). The fourth-order valence-electron chi connectivity index (χ4n) is 4.24. The highest BCUT2D eigenvalue weighted by Gasteiger charge is 2.24. The third-order valence-corrected chi connectivity index (χ3v) is 5.94. The Morgan fingerprint density at radius 1 is 1.24 bits per heavy atom. The second-order valence-electron chi connectivity index (χ2n) is 8.32. The summed E-state index contributed by atoms with van der Waals surface area (Å²) in [4.78, 5) is 15.1. The molecule has 1 fully saturated rings. The Hall–Kier alpha value is -3.72. The van der Waals surface area contributed by atoms with Crippen molar-refractivity contribution >= 4 is 28.3 Å². The molecule has 1 aliphatic rings. The summed E-state index contributed by atoms with van der Waals surface area (Å²) in [6.45, 7) is 3.62. The summed E-state index contributed by atoms with van der Waals surface area (Å²) < 4.78 is 12.8. The fourth-order valence-corrected chi connectivity index (χ4v) is 4.24. The Bertz CT molecular complexity index is 1280. The van der Waals surface area contributed by atoms with Crippen LogP contribution in [0.4, 0.5) is 10.5 Å². The zero-order valence-corrected chi connectivity index (χ0v) is 18.7. The number of anilines is 1. The van der Waals surface area contributed by atoms with Crippen LogP contribution in [0, 0.1) is 6.92 Å². The van der Waals surface area contributed by atoms with Crippen LogP contribution in [0.3, 0.4) is 0 Å². The summed E-state index contributed by atoms with van der Waals surface area (Å²) in [5.74, 6) is 0.734. The molecular formula is C24H26N6O3. The lowest BCUT2D eigenvalue weighted by molar-refractivity contribution is 0.0820. The third-order valence-electron chi connectivity index (χ3n) is 5.94. The number of aromatic nitrogens is 4. The van der Waals surface area contributed by atoms with Crippen LogP contribution >= 0.6 is 0 Å². The predicted molar refractivity (Wildman–Crippen MR) is 124 cm³/mol. The summed E-state index contributed by atoms with van der Waals surface area (Å²) >= 11 is 0. The summed E-state index contributed by atoms with van der Waals surface area (Å²) in [5.41, 5.74) is 4.29. The van der Waals surface area contributed by atoms with E-state index in [4.69, 9.17) is 9.47 Å². The van der Waals surface area contributed by atoms with Gasteiger partial charge in [-0.15, -0.1) is 5.10 Å². The third kappa shape index (κ3) is 4.45. The summed E-state index contributed by atoms with van der Waals surface area (Å²) in [5, 5.41) is 16.3. The van der Waals surface area contributed by atoms with Crippen LogP contribution in [0.2, 0.25) is 0 Å². The summed E-state index contributed by atoms with van der Waals surface area (Å²) in [6.07, 6.45) is 1.96. The van der Waals surface area contributed by atoms with Gasteiger partial charge in [-0.2, -0.15) is 4.52 Å². The molecule has 5 rings (SSSR count). The minimum Gasteiger partial charge on any atom is -0.497 e. The monoisotopic (exact) mass is 446 g/mol. The van der Waals surface area contributed by atoms with E-state index in [1.54, 1.807) is 16.5 Å². The van der Waals surface area contributed by atoms with Gasteiger partial charge in [-0.25, -0.2) is 4.79 Å². The van der Waals surface area contributed by atoms with E-state index in [0.29, 0.717) is 24.4 Å². The van der Waals surface area contributed by atoms with E-state index < -0.39 is 0 Å². The Kier molecular flexibility index (Phi) is 5.78. The molecule has 3 heterocycles. The molecule has 0 spiro atoms. The summed E-state index contributed by atoms with van der Waals surface area (Å²) in [7, 11) is 1.61. The molecule has 33 heavy (non-hydrogen) atoms. The number of methoxy groups -OCH3 is 1. The number of pyridine rings is 1. The predicted octanol–water partition coefficient (Wildman–Crippen LogP) is 3.81. The van der Waals surface area contributed by atoms with E-state index in [9.17, 15) is 4.79 Å². The maximum Gasteiger partial charge on any atom is 0.322 e.